The van der Waals surface area contributed by atoms with Crippen LogP contribution in [0, 0.1) is 0 Å². The number of phenolic OH excluding ortho intramolecular Hbond substituents is 2. The Labute approximate surface area is 289 Å². The zero-order valence-electron chi connectivity index (χ0n) is 27.5. The van der Waals surface area contributed by atoms with Crippen molar-refractivity contribution < 1.29 is 63.7 Å². The zero-order chi connectivity index (χ0) is 36.9. The lowest BCUT2D eigenvalue weighted by Gasteiger charge is -2.43. The molecule has 0 radical (unpaired) electrons. The maximum atomic E-state index is 13.9. The van der Waals surface area contributed by atoms with Crippen molar-refractivity contribution >= 4 is 35.0 Å². The number of hydrogen-bond acceptors (Lipinski definition) is 15. The van der Waals surface area contributed by atoms with Crippen molar-refractivity contribution in [3.63, 3.8) is 0 Å². The summed E-state index contributed by atoms with van der Waals surface area (Å²) in [5.41, 5.74) is 4.05. The van der Waals surface area contributed by atoms with Gasteiger partial charge in [-0.2, -0.15) is 5.10 Å². The summed E-state index contributed by atoms with van der Waals surface area (Å²) in [6.07, 6.45) is -3.70. The monoisotopic (exact) mass is 708 g/mol. The number of carbonyl (C=O) groups excluding carboxylic acids is 5. The fourth-order valence-corrected chi connectivity index (χ4v) is 6.95. The van der Waals surface area contributed by atoms with Crippen molar-refractivity contribution in [1.29, 1.82) is 0 Å². The van der Waals surface area contributed by atoms with Gasteiger partial charge in [0.2, 0.25) is 11.7 Å². The molecule has 1 fully saturated rings. The Kier molecular flexibility index (Phi) is 9.53. The summed E-state index contributed by atoms with van der Waals surface area (Å²) in [7, 11) is 1.31. The number of hydrazone groups is 1. The normalized spacial score (nSPS) is 27.3. The van der Waals surface area contributed by atoms with Crippen LogP contribution in [0.4, 0.5) is 0 Å². The highest BCUT2D eigenvalue weighted by atomic mass is 16.7. The number of hydrogen-bond donors (Lipinski definition) is 7. The molecule has 17 nitrogen and oxygen atoms in total. The molecule has 270 valence electrons. The summed E-state index contributed by atoms with van der Waals surface area (Å²) < 4.78 is 17.3. The molecular weight excluding hydrogens is 672 g/mol. The number of nitrogens with zero attached hydrogens (tertiary/aromatic N) is 2. The highest BCUT2D eigenvalue weighted by Crippen LogP contribution is 2.52. The first-order valence-corrected chi connectivity index (χ1v) is 16.0. The predicted octanol–water partition coefficient (Wildman–Crippen LogP) is -0.780. The van der Waals surface area contributed by atoms with Crippen LogP contribution in [0.5, 0.6) is 17.2 Å². The van der Waals surface area contributed by atoms with Crippen LogP contribution in [0.25, 0.3) is 0 Å². The number of aromatic hydroxyl groups is 2. The molecule has 6 atom stereocenters. The molecule has 0 bridgehead atoms. The number of carbonyl (C=O) groups is 5. The van der Waals surface area contributed by atoms with Crippen LogP contribution in [-0.4, -0.2) is 116 Å². The van der Waals surface area contributed by atoms with Crippen LogP contribution in [0.15, 0.2) is 35.5 Å². The lowest BCUT2D eigenvalue weighted by Crippen LogP contribution is -2.53. The lowest BCUT2D eigenvalue weighted by molar-refractivity contribution is -0.245. The third-order valence-corrected chi connectivity index (χ3v) is 9.61. The van der Waals surface area contributed by atoms with Gasteiger partial charge in [0, 0.05) is 67.1 Å². The van der Waals surface area contributed by atoms with E-state index in [0.29, 0.717) is 0 Å². The second-order valence-corrected chi connectivity index (χ2v) is 12.7. The number of nitrogens with two attached hydrogens (primary N) is 1. The molecule has 2 aromatic rings. The van der Waals surface area contributed by atoms with Gasteiger partial charge in [-0.25, -0.2) is 5.43 Å². The molecule has 2 aliphatic heterocycles. The van der Waals surface area contributed by atoms with Crippen LogP contribution >= 0.6 is 0 Å². The molecule has 0 unspecified atom stereocenters. The number of nitrogens with one attached hydrogen (secondary N) is 1. The van der Waals surface area contributed by atoms with Gasteiger partial charge >= 0.3 is 0 Å². The SMILES string of the molecule is COc1cccc2c1C(=O)c1c(O)c3c(c(O)c1C2=O)C[C@@](O)(/C(CO)=N/NC(=O)CCN1C(=O)C=CC1=O)C[C@@H]3O[C@H]1C[C@H](N)[C@H](O)[C@H](C)O1. The first-order valence-electron chi connectivity index (χ1n) is 16.0. The van der Waals surface area contributed by atoms with Crippen molar-refractivity contribution in [2.75, 3.05) is 20.3 Å². The molecule has 0 aromatic heterocycles. The Morgan fingerprint density at radius 3 is 2.43 bits per heavy atom. The first-order chi connectivity index (χ1) is 24.2. The molecule has 0 spiro atoms. The maximum Gasteiger partial charge on any atom is 0.253 e. The van der Waals surface area contributed by atoms with Gasteiger partial charge in [0.05, 0.1) is 54.4 Å². The highest BCUT2D eigenvalue weighted by molar-refractivity contribution is 6.31. The van der Waals surface area contributed by atoms with Crippen molar-refractivity contribution in [2.45, 2.75) is 68.9 Å². The number of phenols is 2. The number of aliphatic hydroxyl groups is 3. The summed E-state index contributed by atoms with van der Waals surface area (Å²) >= 11 is 0. The van der Waals surface area contributed by atoms with Gasteiger partial charge in [-0.3, -0.25) is 28.9 Å². The minimum absolute atomic E-state index is 0.0377. The summed E-state index contributed by atoms with van der Waals surface area (Å²) in [5, 5.41) is 60.1. The van der Waals surface area contributed by atoms with Crippen LogP contribution < -0.4 is 15.9 Å². The van der Waals surface area contributed by atoms with E-state index in [-0.39, 0.29) is 47.4 Å². The maximum absolute atomic E-state index is 13.9. The quantitative estimate of drug-likeness (QED) is 0.0622. The number of aliphatic hydroxyl groups excluding tert-OH is 2. The molecule has 17 heteroatoms. The van der Waals surface area contributed by atoms with Crippen molar-refractivity contribution in [3.05, 3.63) is 63.7 Å². The van der Waals surface area contributed by atoms with Gasteiger partial charge in [0.25, 0.3) is 11.8 Å². The molecule has 8 N–H and O–H groups in total. The van der Waals surface area contributed by atoms with Gasteiger partial charge in [-0.15, -0.1) is 0 Å². The van der Waals surface area contributed by atoms with E-state index in [1.165, 1.54) is 25.3 Å². The molecule has 2 aliphatic carbocycles. The van der Waals surface area contributed by atoms with E-state index in [0.717, 1.165) is 17.1 Å². The Morgan fingerprint density at radius 1 is 1.10 bits per heavy atom. The van der Waals surface area contributed by atoms with Crippen molar-refractivity contribution in [3.8, 4) is 17.2 Å². The first kappa shape index (κ1) is 35.8. The number of methoxy groups -OCH3 is 1. The Morgan fingerprint density at radius 2 is 1.78 bits per heavy atom. The fraction of sp³-hybridized carbons (Fsp3) is 0.412. The predicted molar refractivity (Wildman–Crippen MR) is 173 cm³/mol. The molecule has 6 rings (SSSR count). The average molecular weight is 709 g/mol. The van der Waals surface area contributed by atoms with Crippen molar-refractivity contribution in [2.24, 2.45) is 10.8 Å². The molecular formula is C34H36N4O13. The van der Waals surface area contributed by atoms with Gasteiger partial charge < -0.3 is 45.5 Å². The minimum atomic E-state index is -2.21. The van der Waals surface area contributed by atoms with Crippen molar-refractivity contribution in [1.82, 2.24) is 10.3 Å². The Hall–Kier alpha value is -5.04. The van der Waals surface area contributed by atoms with Gasteiger partial charge in [-0.05, 0) is 13.0 Å². The topological polar surface area (TPSA) is 268 Å². The molecule has 51 heavy (non-hydrogen) atoms. The molecule has 0 saturated carbocycles. The Balaban J connectivity index is 1.39. The van der Waals surface area contributed by atoms with E-state index in [2.05, 4.69) is 10.5 Å². The smallest absolute Gasteiger partial charge is 0.253 e. The van der Waals surface area contributed by atoms with E-state index < -0.39 is 113 Å². The number of ketones is 2. The van der Waals surface area contributed by atoms with Crippen LogP contribution in [0.3, 0.4) is 0 Å². The second-order valence-electron chi connectivity index (χ2n) is 12.7. The summed E-state index contributed by atoms with van der Waals surface area (Å²) in [5.74, 6) is -4.95. The number of fused-ring (bicyclic) bond motifs is 3. The van der Waals surface area contributed by atoms with Crippen LogP contribution in [-0.2, 0) is 30.3 Å². The fourth-order valence-electron chi connectivity index (χ4n) is 6.95. The Bertz CT molecular complexity index is 1880. The van der Waals surface area contributed by atoms with Gasteiger partial charge in [0.1, 0.15) is 22.8 Å². The van der Waals surface area contributed by atoms with Crippen LogP contribution in [0.1, 0.15) is 75.3 Å². The third kappa shape index (κ3) is 6.17. The summed E-state index contributed by atoms with van der Waals surface area (Å²) in [6, 6.07) is 3.52. The molecule has 4 aliphatic rings. The second kappa shape index (κ2) is 13.6. The van der Waals surface area contributed by atoms with Crippen LogP contribution in [0.2, 0.25) is 0 Å². The average Bonchev–Trinajstić information content (AvgIpc) is 3.42. The van der Waals surface area contributed by atoms with Gasteiger partial charge in [-0.1, -0.05) is 12.1 Å². The van der Waals surface area contributed by atoms with E-state index in [9.17, 15) is 49.5 Å². The molecule has 2 aromatic carbocycles. The minimum Gasteiger partial charge on any atom is -0.507 e. The zero-order valence-corrected chi connectivity index (χ0v) is 27.5. The highest BCUT2D eigenvalue weighted by Gasteiger charge is 2.49. The molecule has 3 amide bonds. The largest absolute Gasteiger partial charge is 0.507 e. The van der Waals surface area contributed by atoms with Gasteiger partial charge in [0.15, 0.2) is 12.1 Å². The number of ether oxygens (including phenoxy) is 3. The molecule has 2 heterocycles. The number of amides is 3. The summed E-state index contributed by atoms with van der Waals surface area (Å²) in [4.78, 5) is 64.9. The van der Waals surface area contributed by atoms with E-state index >= 15 is 0 Å². The standard InChI is InChI=1S/C34H36N4O13/c1-14-29(43)17(35)10-24(50-14)51-19-12-34(48,20(13-39)36-37-21(40)8-9-38-22(41)6-7-23(38)42)11-16-26(19)33(47)28-27(31(16)45)30(44)15-4-3-5-18(49-2)25(15)32(28)46/h3-7,14,17,19,24,29,39,43,45,47-48H,8-13,35H2,1-2H3,(H,37,40)/b36-20+/t14-,17-,19-,24-,29+,34-/m0/s1. The van der Waals surface area contributed by atoms with E-state index in [4.69, 9.17) is 19.9 Å². The van der Waals surface area contributed by atoms with E-state index in [1.807, 2.05) is 0 Å². The number of benzene rings is 2. The number of rotatable bonds is 9. The number of imide groups is 1. The van der Waals surface area contributed by atoms with E-state index in [1.54, 1.807) is 6.92 Å². The summed E-state index contributed by atoms with van der Waals surface area (Å²) in [6.45, 7) is 0.373. The molecule has 1 saturated heterocycles. The third-order valence-electron chi connectivity index (χ3n) is 9.61. The lowest BCUT2D eigenvalue weighted by atomic mass is 9.71.